The number of aryl methyl sites for hydroxylation is 1. The molecular formula is C23H29N3O2. The Morgan fingerprint density at radius 1 is 1.18 bits per heavy atom. The molecule has 1 aliphatic heterocycles. The number of hydrogen-bond acceptors (Lipinski definition) is 5. The summed E-state index contributed by atoms with van der Waals surface area (Å²) in [6.07, 6.45) is 6.81. The van der Waals surface area contributed by atoms with Crippen LogP contribution in [0.1, 0.15) is 48.9 Å². The summed E-state index contributed by atoms with van der Waals surface area (Å²) in [5.41, 5.74) is 5.82. The lowest BCUT2D eigenvalue weighted by molar-refractivity contribution is -0.110. The lowest BCUT2D eigenvalue weighted by Crippen LogP contribution is -2.19. The third-order valence-corrected chi connectivity index (χ3v) is 5.75. The topological polar surface area (TPSA) is 54.5 Å². The third kappa shape index (κ3) is 4.04. The van der Waals surface area contributed by atoms with Gasteiger partial charge < -0.3 is 19.7 Å². The van der Waals surface area contributed by atoms with Gasteiger partial charge in [-0.1, -0.05) is 12.1 Å². The van der Waals surface area contributed by atoms with Gasteiger partial charge in [0.15, 0.2) is 0 Å². The van der Waals surface area contributed by atoms with Crippen LogP contribution in [0.25, 0.3) is 0 Å². The fraction of sp³-hybridized carbons (Fsp3) is 0.478. The summed E-state index contributed by atoms with van der Waals surface area (Å²) in [6.45, 7) is 5.21. The fourth-order valence-corrected chi connectivity index (χ4v) is 4.18. The summed E-state index contributed by atoms with van der Waals surface area (Å²) in [7, 11) is 0. The first-order valence-corrected chi connectivity index (χ1v) is 10.5. The van der Waals surface area contributed by atoms with E-state index in [9.17, 15) is 4.79 Å². The molecule has 4 rings (SSSR count). The summed E-state index contributed by atoms with van der Waals surface area (Å²) in [5.74, 6) is 0.899. The number of benzene rings is 1. The average Bonchev–Trinajstić information content (AvgIpc) is 3.41. The zero-order chi connectivity index (χ0) is 19.3. The number of hydrogen-bond donors (Lipinski definition) is 1. The van der Waals surface area contributed by atoms with Gasteiger partial charge in [0.25, 0.3) is 0 Å². The van der Waals surface area contributed by atoms with Crippen molar-refractivity contribution in [3.05, 3.63) is 47.2 Å². The molecule has 1 N–H and O–H groups in total. The minimum absolute atomic E-state index is 0.207. The lowest BCUT2D eigenvalue weighted by Gasteiger charge is -2.20. The minimum Gasteiger partial charge on any atom is -0.381 e. The molecule has 0 saturated carbocycles. The maximum Gasteiger partial charge on any atom is 0.130 e. The monoisotopic (exact) mass is 379 g/mol. The Balaban J connectivity index is 1.54. The highest BCUT2D eigenvalue weighted by atomic mass is 16.5. The van der Waals surface area contributed by atoms with E-state index in [1.54, 1.807) is 0 Å². The van der Waals surface area contributed by atoms with Crippen LogP contribution in [-0.2, 0) is 22.4 Å². The smallest absolute Gasteiger partial charge is 0.130 e. The molecule has 148 valence electrons. The molecule has 0 bridgehead atoms. The van der Waals surface area contributed by atoms with Crippen LogP contribution in [0, 0.1) is 0 Å². The van der Waals surface area contributed by atoms with E-state index in [1.807, 2.05) is 19.1 Å². The van der Waals surface area contributed by atoms with Crippen molar-refractivity contribution in [2.24, 2.45) is 0 Å². The first-order valence-electron chi connectivity index (χ1n) is 10.5. The van der Waals surface area contributed by atoms with Crippen LogP contribution < -0.4 is 10.2 Å². The number of fused-ring (bicyclic) bond motifs is 1. The maximum atomic E-state index is 11.4. The van der Waals surface area contributed by atoms with Crippen LogP contribution in [0.4, 0.5) is 17.2 Å². The molecule has 1 fully saturated rings. The number of ether oxygens (including phenoxy) is 1. The molecule has 2 aliphatic rings. The molecule has 2 aromatic rings. The van der Waals surface area contributed by atoms with Crippen molar-refractivity contribution in [1.29, 1.82) is 0 Å². The summed E-state index contributed by atoms with van der Waals surface area (Å²) < 4.78 is 5.42. The number of carbonyl (C=O) groups is 1. The van der Waals surface area contributed by atoms with Gasteiger partial charge in [-0.2, -0.15) is 0 Å². The Kier molecular flexibility index (Phi) is 5.91. The lowest BCUT2D eigenvalue weighted by atomic mass is 10.0. The molecule has 0 spiro atoms. The first-order chi connectivity index (χ1) is 13.8. The number of rotatable bonds is 8. The van der Waals surface area contributed by atoms with Gasteiger partial charge in [-0.15, -0.1) is 0 Å². The van der Waals surface area contributed by atoms with Crippen molar-refractivity contribution < 1.29 is 9.53 Å². The van der Waals surface area contributed by atoms with E-state index >= 15 is 0 Å². The predicted octanol–water partition coefficient (Wildman–Crippen LogP) is 4.23. The number of aromatic nitrogens is 1. The molecule has 1 aromatic heterocycles. The second kappa shape index (κ2) is 8.74. The van der Waals surface area contributed by atoms with Crippen LogP contribution >= 0.6 is 0 Å². The zero-order valence-corrected chi connectivity index (χ0v) is 16.6. The summed E-state index contributed by atoms with van der Waals surface area (Å²) in [6, 6.07) is 10.4. The van der Waals surface area contributed by atoms with Crippen molar-refractivity contribution in [1.82, 2.24) is 4.98 Å². The number of carbonyl (C=O) groups excluding carboxylic acids is 1. The fourth-order valence-electron chi connectivity index (χ4n) is 4.18. The Hall–Kier alpha value is -2.40. The standard InChI is InChI=1S/C23H29N3O2/c1-2-28-16-18(15-27)17-8-10-19(11-9-17)24-22-14-23(26-12-3-4-13-26)25-21-7-5-6-20(21)22/h8-11,14-15,18H,2-7,12-13,16H2,1H3,(H,24,25). The first kappa shape index (κ1) is 18.9. The number of anilines is 3. The molecule has 28 heavy (non-hydrogen) atoms. The molecule has 1 unspecified atom stereocenters. The van der Waals surface area contributed by atoms with Crippen LogP contribution in [0.5, 0.6) is 0 Å². The molecule has 1 saturated heterocycles. The summed E-state index contributed by atoms with van der Waals surface area (Å²) in [4.78, 5) is 18.7. The number of aldehydes is 1. The van der Waals surface area contributed by atoms with E-state index < -0.39 is 0 Å². The van der Waals surface area contributed by atoms with Gasteiger partial charge in [0.2, 0.25) is 0 Å². The third-order valence-electron chi connectivity index (χ3n) is 5.75. The van der Waals surface area contributed by atoms with Gasteiger partial charge in [0.05, 0.1) is 12.5 Å². The number of pyridine rings is 1. The minimum atomic E-state index is -0.207. The molecule has 2 heterocycles. The Morgan fingerprint density at radius 2 is 1.96 bits per heavy atom. The Morgan fingerprint density at radius 3 is 2.68 bits per heavy atom. The van der Waals surface area contributed by atoms with Crippen molar-refractivity contribution in [3.8, 4) is 0 Å². The van der Waals surface area contributed by atoms with E-state index in [-0.39, 0.29) is 5.92 Å². The van der Waals surface area contributed by atoms with Crippen molar-refractivity contribution >= 4 is 23.5 Å². The van der Waals surface area contributed by atoms with Gasteiger partial charge in [0, 0.05) is 42.8 Å². The van der Waals surface area contributed by atoms with E-state index in [0.717, 1.165) is 49.3 Å². The molecule has 0 amide bonds. The molecule has 1 aromatic carbocycles. The molecular weight excluding hydrogens is 350 g/mol. The highest BCUT2D eigenvalue weighted by Crippen LogP contribution is 2.34. The highest BCUT2D eigenvalue weighted by Gasteiger charge is 2.22. The zero-order valence-electron chi connectivity index (χ0n) is 16.6. The van der Waals surface area contributed by atoms with Gasteiger partial charge in [0.1, 0.15) is 12.1 Å². The SMILES string of the molecule is CCOCC(C=O)c1ccc(Nc2cc(N3CCCC3)nc3c2CCC3)cc1. The van der Waals surface area contributed by atoms with Gasteiger partial charge >= 0.3 is 0 Å². The van der Waals surface area contributed by atoms with Crippen molar-refractivity contribution in [3.63, 3.8) is 0 Å². The summed E-state index contributed by atoms with van der Waals surface area (Å²) >= 11 is 0. The van der Waals surface area contributed by atoms with Crippen molar-refractivity contribution in [2.75, 3.05) is 36.5 Å². The van der Waals surface area contributed by atoms with Crippen LogP contribution in [0.15, 0.2) is 30.3 Å². The van der Waals surface area contributed by atoms with E-state index in [1.165, 1.54) is 36.2 Å². The molecule has 1 aliphatic carbocycles. The number of nitrogens with one attached hydrogen (secondary N) is 1. The second-order valence-electron chi connectivity index (χ2n) is 7.65. The molecule has 1 atom stereocenters. The van der Waals surface area contributed by atoms with E-state index in [0.29, 0.717) is 13.2 Å². The van der Waals surface area contributed by atoms with Crippen molar-refractivity contribution in [2.45, 2.75) is 44.9 Å². The number of nitrogens with zero attached hydrogens (tertiary/aromatic N) is 2. The van der Waals surface area contributed by atoms with Gasteiger partial charge in [-0.25, -0.2) is 4.98 Å². The second-order valence-corrected chi connectivity index (χ2v) is 7.65. The average molecular weight is 380 g/mol. The normalized spacial score (nSPS) is 16.8. The van der Waals surface area contributed by atoms with Crippen LogP contribution in [0.2, 0.25) is 0 Å². The molecule has 5 nitrogen and oxygen atoms in total. The Labute approximate surface area is 167 Å². The molecule has 0 radical (unpaired) electrons. The van der Waals surface area contributed by atoms with Gasteiger partial charge in [-0.3, -0.25) is 0 Å². The quantitative estimate of drug-likeness (QED) is 0.696. The van der Waals surface area contributed by atoms with E-state index in [4.69, 9.17) is 9.72 Å². The maximum absolute atomic E-state index is 11.4. The van der Waals surface area contributed by atoms with Gasteiger partial charge in [-0.05, 0) is 62.3 Å². The predicted molar refractivity (Wildman–Crippen MR) is 113 cm³/mol. The largest absolute Gasteiger partial charge is 0.381 e. The highest BCUT2D eigenvalue weighted by molar-refractivity contribution is 5.70. The van der Waals surface area contributed by atoms with Crippen LogP contribution in [-0.4, -0.2) is 37.6 Å². The van der Waals surface area contributed by atoms with Crippen LogP contribution in [0.3, 0.4) is 0 Å². The Bertz CT molecular complexity index is 813. The van der Waals surface area contributed by atoms with E-state index in [2.05, 4.69) is 28.4 Å². The molecule has 5 heteroatoms. The summed E-state index contributed by atoms with van der Waals surface area (Å²) in [5, 5.41) is 3.61.